The molecule has 0 spiro atoms. The molecule has 2 heteroatoms. The van der Waals surface area contributed by atoms with E-state index in [2.05, 4.69) is 34.5 Å². The fourth-order valence-corrected chi connectivity index (χ4v) is 0. The average molecular weight is 249 g/mol. The van der Waals surface area contributed by atoms with Gasteiger partial charge in [0.1, 0.15) is 0 Å². The molecule has 0 fully saturated rings. The van der Waals surface area contributed by atoms with Gasteiger partial charge < -0.3 is 0 Å². The second-order valence-corrected chi connectivity index (χ2v) is 13.9. The normalized spacial score (nSPS) is 8.78. The Morgan fingerprint density at radius 2 is 1.33 bits per heavy atom. The first-order valence-corrected chi connectivity index (χ1v) is 14.3. The molecule has 9 heavy (non-hydrogen) atoms. The fraction of sp³-hybridized carbons (Fsp3) is 0.714. The van der Waals surface area contributed by atoms with Crippen LogP contribution in [0.1, 0.15) is 0 Å². The molecule has 0 aliphatic carbocycles. The Labute approximate surface area is 68.7 Å². The van der Waals surface area contributed by atoms with Crippen molar-refractivity contribution < 1.29 is 0 Å². The van der Waals surface area contributed by atoms with Crippen LogP contribution in [0.4, 0.5) is 0 Å². The Morgan fingerprint density at radius 3 is 1.33 bits per heavy atom. The van der Waals surface area contributed by atoms with E-state index in [1.807, 2.05) is 5.70 Å². The third kappa shape index (κ3) is 52.6. The van der Waals surface area contributed by atoms with Crippen molar-refractivity contribution in [1.29, 1.82) is 0 Å². The molecule has 0 unspecified atom stereocenters. The Kier molecular flexibility index (Phi) is 12.1. The van der Waals surface area contributed by atoms with E-state index in [1.165, 1.54) is 0 Å². The van der Waals surface area contributed by atoms with E-state index in [-0.39, 0.29) is 8.80 Å². The first-order chi connectivity index (χ1) is 4.00. The molecular formula is C7H18SiSn. The van der Waals surface area contributed by atoms with Crippen molar-refractivity contribution >= 4 is 28.6 Å². The first-order valence-electron chi connectivity index (χ1n) is 3.20. The maximum atomic E-state index is 3.61. The van der Waals surface area contributed by atoms with E-state index in [0.717, 1.165) is 0 Å². The third-order valence-electron chi connectivity index (χ3n) is 0.408. The van der Waals surface area contributed by atoms with E-state index in [9.17, 15) is 0 Å². The SMILES string of the molecule is C=C[Si](C)C.[CH3][Sn]([CH3])[CH3]. The third-order valence-corrected chi connectivity index (χ3v) is 1.22. The van der Waals surface area contributed by atoms with Crippen molar-refractivity contribution in [2.24, 2.45) is 0 Å². The quantitative estimate of drug-likeness (QED) is 0.627. The summed E-state index contributed by atoms with van der Waals surface area (Å²) < 4.78 is 0. The molecule has 0 heterocycles. The maximum absolute atomic E-state index is 3.61. The Hall–Kier alpha value is 0.756. The van der Waals surface area contributed by atoms with E-state index in [4.69, 9.17) is 0 Å². The average Bonchev–Trinajstić information content (AvgIpc) is 1.65. The zero-order valence-electron chi connectivity index (χ0n) is 7.28. The van der Waals surface area contributed by atoms with Gasteiger partial charge in [0.2, 0.25) is 0 Å². The molecule has 0 aromatic carbocycles. The van der Waals surface area contributed by atoms with Gasteiger partial charge in [-0.15, -0.1) is 12.3 Å². The molecule has 0 nitrogen and oxygen atoms in total. The predicted molar refractivity (Wildman–Crippen MR) is 51.0 cm³/mol. The predicted octanol–water partition coefficient (Wildman–Crippen LogP) is 2.84. The Morgan fingerprint density at radius 1 is 1.22 bits per heavy atom. The molecule has 0 saturated carbocycles. The van der Waals surface area contributed by atoms with Crippen LogP contribution in [0.5, 0.6) is 0 Å². The number of hydrogen-bond acceptors (Lipinski definition) is 0. The van der Waals surface area contributed by atoms with E-state index in [1.54, 1.807) is 0 Å². The van der Waals surface area contributed by atoms with Gasteiger partial charge in [-0.25, -0.2) is 0 Å². The zero-order valence-corrected chi connectivity index (χ0v) is 11.1. The molecular weight excluding hydrogens is 231 g/mol. The summed E-state index contributed by atoms with van der Waals surface area (Å²) in [4.78, 5) is 7.09. The van der Waals surface area contributed by atoms with Crippen LogP contribution in [0.25, 0.3) is 0 Å². The van der Waals surface area contributed by atoms with E-state index < -0.39 is 19.8 Å². The topological polar surface area (TPSA) is 0 Å². The van der Waals surface area contributed by atoms with Crippen molar-refractivity contribution in [3.8, 4) is 0 Å². The van der Waals surface area contributed by atoms with Gasteiger partial charge in [-0.1, -0.05) is 13.1 Å². The van der Waals surface area contributed by atoms with Crippen LogP contribution in [0.15, 0.2) is 12.3 Å². The standard InChI is InChI=1S/C4H9Si.3CH3.Sn/c1-4-5(2)3;;;;/h4H,1H2,2-3H3;3*1H3;. The summed E-state index contributed by atoms with van der Waals surface area (Å²) in [7, 11) is -0.110. The first kappa shape index (κ1) is 12.4. The molecule has 0 aromatic rings. The summed E-state index contributed by atoms with van der Waals surface area (Å²) in [6, 6.07) is 0. The van der Waals surface area contributed by atoms with Crippen LogP contribution in [0.2, 0.25) is 27.9 Å². The summed E-state index contributed by atoms with van der Waals surface area (Å²) in [6.45, 7) is 8.02. The molecule has 54 valence electrons. The van der Waals surface area contributed by atoms with E-state index >= 15 is 0 Å². The molecule has 0 atom stereocenters. The molecule has 0 amide bonds. The van der Waals surface area contributed by atoms with Gasteiger partial charge in [-0.05, 0) is 0 Å². The second kappa shape index (κ2) is 8.76. The molecule has 2 radical (unpaired) electrons. The van der Waals surface area contributed by atoms with Crippen LogP contribution in [0, 0.1) is 0 Å². The van der Waals surface area contributed by atoms with Gasteiger partial charge in [0.25, 0.3) is 0 Å². The second-order valence-electron chi connectivity index (χ2n) is 2.78. The van der Waals surface area contributed by atoms with Crippen molar-refractivity contribution in [2.45, 2.75) is 27.9 Å². The Balaban J connectivity index is 0. The molecule has 0 rings (SSSR count). The Bertz CT molecular complexity index is 57.2. The van der Waals surface area contributed by atoms with Crippen molar-refractivity contribution in [3.63, 3.8) is 0 Å². The summed E-state index contributed by atoms with van der Waals surface area (Å²) in [5.41, 5.74) is 2.02. The van der Waals surface area contributed by atoms with Gasteiger partial charge in [-0.3, -0.25) is 0 Å². The van der Waals surface area contributed by atoms with Crippen molar-refractivity contribution in [1.82, 2.24) is 0 Å². The summed E-state index contributed by atoms with van der Waals surface area (Å²) in [6.07, 6.45) is 0. The number of hydrogen-bond donors (Lipinski definition) is 0. The minimum absolute atomic E-state index is 0.110. The van der Waals surface area contributed by atoms with Crippen LogP contribution in [0.3, 0.4) is 0 Å². The monoisotopic (exact) mass is 250 g/mol. The zero-order chi connectivity index (χ0) is 7.86. The van der Waals surface area contributed by atoms with Crippen LogP contribution in [-0.4, -0.2) is 28.6 Å². The summed E-state index contributed by atoms with van der Waals surface area (Å²) >= 11 is -0.543. The van der Waals surface area contributed by atoms with Gasteiger partial charge in [0, 0.05) is 0 Å². The molecule has 0 saturated heterocycles. The fourth-order valence-electron chi connectivity index (χ4n) is 0. The van der Waals surface area contributed by atoms with Gasteiger partial charge in [-0.2, -0.15) is 0 Å². The van der Waals surface area contributed by atoms with Crippen LogP contribution >= 0.6 is 0 Å². The minimum atomic E-state index is -0.543. The molecule has 0 aromatic heterocycles. The van der Waals surface area contributed by atoms with Gasteiger partial charge in [0.15, 0.2) is 0 Å². The summed E-state index contributed by atoms with van der Waals surface area (Å²) in [5, 5.41) is 0. The van der Waals surface area contributed by atoms with Gasteiger partial charge >= 0.3 is 34.6 Å². The van der Waals surface area contributed by atoms with Crippen LogP contribution in [-0.2, 0) is 0 Å². The van der Waals surface area contributed by atoms with Crippen molar-refractivity contribution in [3.05, 3.63) is 12.3 Å². The molecule has 0 aliphatic rings. The molecule has 0 aliphatic heterocycles. The molecule has 0 bridgehead atoms. The number of rotatable bonds is 1. The van der Waals surface area contributed by atoms with E-state index in [0.29, 0.717) is 0 Å². The van der Waals surface area contributed by atoms with Crippen LogP contribution < -0.4 is 0 Å². The van der Waals surface area contributed by atoms with Crippen molar-refractivity contribution in [2.75, 3.05) is 0 Å². The molecule has 0 N–H and O–H groups in total. The summed E-state index contributed by atoms with van der Waals surface area (Å²) in [5.74, 6) is 0. The van der Waals surface area contributed by atoms with Gasteiger partial charge in [0.05, 0.1) is 8.80 Å².